The molecule has 0 saturated heterocycles. The van der Waals surface area contributed by atoms with Gasteiger partial charge in [-0.25, -0.2) is 0 Å². The number of aryl methyl sites for hydroxylation is 2. The van der Waals surface area contributed by atoms with E-state index in [2.05, 4.69) is 46.2 Å². The van der Waals surface area contributed by atoms with E-state index in [0.717, 1.165) is 12.5 Å². The molecule has 1 heterocycles. The van der Waals surface area contributed by atoms with E-state index >= 15 is 0 Å². The maximum Gasteiger partial charge on any atom is 0.0729 e. The molecule has 0 bridgehead atoms. The number of hydrogen-bond acceptors (Lipinski definition) is 1. The molecule has 3 heteroatoms. The monoisotopic (exact) mass is 332 g/mol. The third kappa shape index (κ3) is 2.79. The molecular formula is C13H21IN2. The average Bonchev–Trinajstić information content (AvgIpc) is 2.56. The Morgan fingerprint density at radius 2 is 1.94 bits per heavy atom. The van der Waals surface area contributed by atoms with Crippen LogP contribution < -0.4 is 0 Å². The molecular weight excluding hydrogens is 311 g/mol. The number of hydrogen-bond donors (Lipinski definition) is 0. The van der Waals surface area contributed by atoms with Gasteiger partial charge in [0, 0.05) is 12.2 Å². The van der Waals surface area contributed by atoms with Gasteiger partial charge in [0.2, 0.25) is 0 Å². The van der Waals surface area contributed by atoms with Crippen molar-refractivity contribution in [3.63, 3.8) is 0 Å². The van der Waals surface area contributed by atoms with Crippen LogP contribution in [0.2, 0.25) is 0 Å². The lowest BCUT2D eigenvalue weighted by atomic mass is 9.87. The maximum atomic E-state index is 4.60. The van der Waals surface area contributed by atoms with Crippen LogP contribution >= 0.6 is 22.6 Å². The van der Waals surface area contributed by atoms with Crippen molar-refractivity contribution < 1.29 is 0 Å². The van der Waals surface area contributed by atoms with Crippen LogP contribution in [0.5, 0.6) is 0 Å². The first kappa shape index (κ1) is 12.4. The van der Waals surface area contributed by atoms with Crippen molar-refractivity contribution >= 4 is 22.6 Å². The summed E-state index contributed by atoms with van der Waals surface area (Å²) in [5.41, 5.74) is 2.52. The van der Waals surface area contributed by atoms with Crippen molar-refractivity contribution in [1.82, 2.24) is 9.78 Å². The molecule has 1 aliphatic carbocycles. The minimum absolute atomic E-state index is 0.954. The zero-order valence-corrected chi connectivity index (χ0v) is 12.5. The van der Waals surface area contributed by atoms with Gasteiger partial charge in [0.05, 0.1) is 9.26 Å². The molecule has 1 aliphatic rings. The minimum atomic E-state index is 0.954. The Morgan fingerprint density at radius 1 is 1.25 bits per heavy atom. The molecule has 2 nitrogen and oxygen atoms in total. The van der Waals surface area contributed by atoms with Crippen LogP contribution in [0.4, 0.5) is 0 Å². The van der Waals surface area contributed by atoms with Crippen molar-refractivity contribution in [3.05, 3.63) is 15.0 Å². The number of rotatable bonds is 3. The zero-order valence-electron chi connectivity index (χ0n) is 10.3. The molecule has 0 spiro atoms. The molecule has 0 radical (unpaired) electrons. The van der Waals surface area contributed by atoms with Gasteiger partial charge in [-0.1, -0.05) is 32.1 Å². The number of nitrogens with zero attached hydrogens (tertiary/aromatic N) is 2. The molecule has 0 amide bonds. The van der Waals surface area contributed by atoms with Crippen LogP contribution in [0.15, 0.2) is 0 Å². The fourth-order valence-corrected chi connectivity index (χ4v) is 3.06. The highest BCUT2D eigenvalue weighted by molar-refractivity contribution is 14.1. The third-order valence-corrected chi connectivity index (χ3v) is 5.33. The first-order valence-electron chi connectivity index (χ1n) is 6.38. The molecule has 2 rings (SSSR count). The third-order valence-electron chi connectivity index (χ3n) is 3.77. The van der Waals surface area contributed by atoms with Gasteiger partial charge in [-0.3, -0.25) is 4.68 Å². The molecule has 0 unspecified atom stereocenters. The summed E-state index contributed by atoms with van der Waals surface area (Å²) in [4.78, 5) is 0. The van der Waals surface area contributed by atoms with Gasteiger partial charge < -0.3 is 0 Å². The van der Waals surface area contributed by atoms with Crippen LogP contribution in [0, 0.1) is 23.3 Å². The van der Waals surface area contributed by atoms with Gasteiger partial charge >= 0.3 is 0 Å². The molecule has 0 aromatic carbocycles. The number of halogens is 1. The Hall–Kier alpha value is -0.0600. The molecule has 0 atom stereocenters. The summed E-state index contributed by atoms with van der Waals surface area (Å²) in [5, 5.41) is 4.60. The average molecular weight is 332 g/mol. The smallest absolute Gasteiger partial charge is 0.0729 e. The second-order valence-electron chi connectivity index (χ2n) is 5.00. The van der Waals surface area contributed by atoms with Crippen LogP contribution in [0.25, 0.3) is 0 Å². The molecule has 0 N–H and O–H groups in total. The highest BCUT2D eigenvalue weighted by Crippen LogP contribution is 2.27. The van der Waals surface area contributed by atoms with Gasteiger partial charge in [-0.15, -0.1) is 0 Å². The summed E-state index contributed by atoms with van der Waals surface area (Å²) >= 11 is 2.40. The van der Waals surface area contributed by atoms with Crippen molar-refractivity contribution in [1.29, 1.82) is 0 Å². The van der Waals surface area contributed by atoms with E-state index < -0.39 is 0 Å². The summed E-state index contributed by atoms with van der Waals surface area (Å²) in [5.74, 6) is 0.954. The Morgan fingerprint density at radius 3 is 2.50 bits per heavy atom. The molecule has 0 aliphatic heterocycles. The highest BCUT2D eigenvalue weighted by Gasteiger charge is 2.15. The fourth-order valence-electron chi connectivity index (χ4n) is 2.67. The minimum Gasteiger partial charge on any atom is -0.269 e. The summed E-state index contributed by atoms with van der Waals surface area (Å²) in [6.45, 7) is 5.40. The molecule has 1 saturated carbocycles. The molecule has 1 aromatic rings. The topological polar surface area (TPSA) is 17.8 Å². The van der Waals surface area contributed by atoms with Crippen molar-refractivity contribution in [2.45, 2.75) is 58.9 Å². The van der Waals surface area contributed by atoms with Crippen molar-refractivity contribution in [2.24, 2.45) is 5.92 Å². The maximum absolute atomic E-state index is 4.60. The summed E-state index contributed by atoms with van der Waals surface area (Å²) in [6, 6.07) is 0. The second-order valence-corrected chi connectivity index (χ2v) is 6.08. The highest BCUT2D eigenvalue weighted by atomic mass is 127. The van der Waals surface area contributed by atoms with Crippen LogP contribution in [0.3, 0.4) is 0 Å². The first-order valence-corrected chi connectivity index (χ1v) is 7.46. The SMILES string of the molecule is Cc1nn(CCC2CCCCC2)c(C)c1I. The van der Waals surface area contributed by atoms with E-state index in [4.69, 9.17) is 0 Å². The van der Waals surface area contributed by atoms with Gasteiger partial charge in [0.15, 0.2) is 0 Å². The Bertz CT molecular complexity index is 351. The predicted octanol–water partition coefficient (Wildman–Crippen LogP) is 4.07. The van der Waals surface area contributed by atoms with E-state index in [1.807, 2.05) is 0 Å². The van der Waals surface area contributed by atoms with E-state index in [1.54, 1.807) is 0 Å². The van der Waals surface area contributed by atoms with Crippen molar-refractivity contribution in [2.75, 3.05) is 0 Å². The standard InChI is InChI=1S/C13H21IN2/c1-10-13(14)11(2)16(15-10)9-8-12-6-4-3-5-7-12/h12H,3-9H2,1-2H3. The van der Waals surface area contributed by atoms with Gasteiger partial charge in [-0.2, -0.15) is 5.10 Å². The van der Waals surface area contributed by atoms with E-state index in [1.165, 1.54) is 53.5 Å². The normalized spacial score (nSPS) is 17.9. The van der Waals surface area contributed by atoms with E-state index in [9.17, 15) is 0 Å². The number of aromatic nitrogens is 2. The van der Waals surface area contributed by atoms with Crippen molar-refractivity contribution in [3.8, 4) is 0 Å². The van der Waals surface area contributed by atoms with E-state index in [0.29, 0.717) is 0 Å². The summed E-state index contributed by atoms with van der Waals surface area (Å²) < 4.78 is 3.53. The molecule has 1 aromatic heterocycles. The largest absolute Gasteiger partial charge is 0.269 e. The first-order chi connectivity index (χ1) is 7.68. The quantitative estimate of drug-likeness (QED) is 0.763. The fraction of sp³-hybridized carbons (Fsp3) is 0.769. The van der Waals surface area contributed by atoms with E-state index in [-0.39, 0.29) is 0 Å². The lowest BCUT2D eigenvalue weighted by Gasteiger charge is -2.21. The molecule has 1 fully saturated rings. The predicted molar refractivity (Wildman–Crippen MR) is 75.6 cm³/mol. The second kappa shape index (κ2) is 5.52. The zero-order chi connectivity index (χ0) is 11.5. The van der Waals surface area contributed by atoms with Gasteiger partial charge in [0.1, 0.15) is 0 Å². The van der Waals surface area contributed by atoms with Crippen LogP contribution in [0.1, 0.15) is 49.9 Å². The van der Waals surface area contributed by atoms with Gasteiger partial charge in [0.25, 0.3) is 0 Å². The van der Waals surface area contributed by atoms with Crippen LogP contribution in [-0.4, -0.2) is 9.78 Å². The molecule has 16 heavy (non-hydrogen) atoms. The van der Waals surface area contributed by atoms with Gasteiger partial charge in [-0.05, 0) is 48.8 Å². The summed E-state index contributed by atoms with van der Waals surface area (Å²) in [6.07, 6.45) is 8.54. The Balaban J connectivity index is 1.91. The molecule has 90 valence electrons. The lowest BCUT2D eigenvalue weighted by Crippen LogP contribution is -2.11. The summed E-state index contributed by atoms with van der Waals surface area (Å²) in [7, 11) is 0. The Labute approximate surface area is 112 Å². The Kier molecular flexibility index (Phi) is 4.27. The van der Waals surface area contributed by atoms with Crippen LogP contribution in [-0.2, 0) is 6.54 Å². The lowest BCUT2D eigenvalue weighted by molar-refractivity contribution is 0.317.